The van der Waals surface area contributed by atoms with E-state index in [1.807, 2.05) is 25.1 Å². The molecule has 1 N–H and O–H groups in total. The number of hydrogen-bond acceptors (Lipinski definition) is 5. The van der Waals surface area contributed by atoms with Gasteiger partial charge < -0.3 is 24.3 Å². The summed E-state index contributed by atoms with van der Waals surface area (Å²) >= 11 is 6.28. The Balaban J connectivity index is 1.43. The Labute approximate surface area is 193 Å². The molecule has 170 valence electrons. The molecule has 2 aromatic rings. The quantitative estimate of drug-likeness (QED) is 0.625. The van der Waals surface area contributed by atoms with E-state index in [1.54, 1.807) is 12.1 Å². The molecule has 6 nitrogen and oxygen atoms in total. The molecule has 2 aliphatic heterocycles. The molecular weight excluding hydrogens is 430 g/mol. The average Bonchev–Trinajstić information content (AvgIpc) is 2.83. The van der Waals surface area contributed by atoms with Gasteiger partial charge in [0.15, 0.2) is 11.5 Å². The van der Waals surface area contributed by atoms with Gasteiger partial charge in [-0.2, -0.15) is 0 Å². The molecule has 2 aliphatic rings. The average molecular weight is 458 g/mol. The van der Waals surface area contributed by atoms with Crippen LogP contribution < -0.4 is 19.5 Å². The minimum absolute atomic E-state index is 0.159. The van der Waals surface area contributed by atoms with Crippen LogP contribution in [0.5, 0.6) is 17.2 Å². The Morgan fingerprint density at radius 1 is 1.12 bits per heavy atom. The summed E-state index contributed by atoms with van der Waals surface area (Å²) in [5.41, 5.74) is 1.81. The van der Waals surface area contributed by atoms with Gasteiger partial charge in [-0.25, -0.2) is 0 Å². The standard InChI is InChI=1S/C25H28ClNO5/c1-2-30-20-6-4-19(5-7-20)25(9-11-29-12-10-25)17-27-23(28)8-3-18-15-21(26)24-22(16-18)31-13-14-32-24/h3-8,15-16H,2,9-14,17H2,1H3,(H,27,28)/b8-3+. The third-order valence-corrected chi connectivity index (χ3v) is 6.16. The molecule has 32 heavy (non-hydrogen) atoms. The van der Waals surface area contributed by atoms with Crippen LogP contribution in [0, 0.1) is 0 Å². The van der Waals surface area contributed by atoms with Gasteiger partial charge in [-0.3, -0.25) is 4.79 Å². The van der Waals surface area contributed by atoms with Crippen molar-refractivity contribution >= 4 is 23.6 Å². The molecule has 1 fully saturated rings. The number of halogens is 1. The molecule has 2 aromatic carbocycles. The van der Waals surface area contributed by atoms with Crippen molar-refractivity contribution in [3.63, 3.8) is 0 Å². The van der Waals surface area contributed by atoms with Crippen molar-refractivity contribution in [1.29, 1.82) is 0 Å². The topological polar surface area (TPSA) is 66.0 Å². The number of rotatable bonds is 7. The van der Waals surface area contributed by atoms with Gasteiger partial charge in [0, 0.05) is 31.2 Å². The van der Waals surface area contributed by atoms with Crippen molar-refractivity contribution in [3.05, 3.63) is 58.6 Å². The summed E-state index contributed by atoms with van der Waals surface area (Å²) in [5.74, 6) is 1.84. The van der Waals surface area contributed by atoms with E-state index >= 15 is 0 Å². The predicted octanol–water partition coefficient (Wildman–Crippen LogP) is 4.39. The summed E-state index contributed by atoms with van der Waals surface area (Å²) < 4.78 is 22.3. The fourth-order valence-corrected chi connectivity index (χ4v) is 4.39. The monoisotopic (exact) mass is 457 g/mol. The van der Waals surface area contributed by atoms with Crippen LogP contribution in [-0.4, -0.2) is 45.5 Å². The molecule has 1 saturated heterocycles. The summed E-state index contributed by atoms with van der Waals surface area (Å²) in [4.78, 5) is 12.6. The Kier molecular flexibility index (Phi) is 7.22. The van der Waals surface area contributed by atoms with Crippen LogP contribution in [0.2, 0.25) is 5.02 Å². The summed E-state index contributed by atoms with van der Waals surface area (Å²) in [6.07, 6.45) is 4.95. The molecule has 0 unspecified atom stereocenters. The largest absolute Gasteiger partial charge is 0.494 e. The van der Waals surface area contributed by atoms with E-state index in [0.717, 1.165) is 24.2 Å². The van der Waals surface area contributed by atoms with Crippen LogP contribution in [0.15, 0.2) is 42.5 Å². The number of carbonyl (C=O) groups excluding carboxylic acids is 1. The zero-order valence-electron chi connectivity index (χ0n) is 18.2. The van der Waals surface area contributed by atoms with E-state index in [-0.39, 0.29) is 11.3 Å². The summed E-state index contributed by atoms with van der Waals surface area (Å²) in [7, 11) is 0. The van der Waals surface area contributed by atoms with Crippen molar-refractivity contribution in [2.24, 2.45) is 0 Å². The number of amides is 1. The van der Waals surface area contributed by atoms with Gasteiger partial charge in [0.05, 0.1) is 11.6 Å². The van der Waals surface area contributed by atoms with Gasteiger partial charge in [0.1, 0.15) is 19.0 Å². The first kappa shape index (κ1) is 22.5. The summed E-state index contributed by atoms with van der Waals surface area (Å²) in [6.45, 7) is 5.45. The van der Waals surface area contributed by atoms with E-state index in [9.17, 15) is 4.79 Å². The number of carbonyl (C=O) groups is 1. The van der Waals surface area contributed by atoms with Crippen molar-refractivity contribution in [2.45, 2.75) is 25.2 Å². The highest BCUT2D eigenvalue weighted by atomic mass is 35.5. The molecule has 0 spiro atoms. The van der Waals surface area contributed by atoms with Gasteiger partial charge in [-0.05, 0) is 61.2 Å². The lowest BCUT2D eigenvalue weighted by Crippen LogP contribution is -2.44. The van der Waals surface area contributed by atoms with Gasteiger partial charge >= 0.3 is 0 Å². The van der Waals surface area contributed by atoms with Crippen LogP contribution >= 0.6 is 11.6 Å². The van der Waals surface area contributed by atoms with Gasteiger partial charge in [-0.15, -0.1) is 0 Å². The smallest absolute Gasteiger partial charge is 0.244 e. The fourth-order valence-electron chi connectivity index (χ4n) is 4.12. The van der Waals surface area contributed by atoms with Crippen LogP contribution in [0.3, 0.4) is 0 Å². The number of ether oxygens (including phenoxy) is 4. The molecule has 0 bridgehead atoms. The number of benzene rings is 2. The highest BCUT2D eigenvalue weighted by Gasteiger charge is 2.34. The molecule has 2 heterocycles. The third kappa shape index (κ3) is 5.19. The van der Waals surface area contributed by atoms with Crippen molar-refractivity contribution < 1.29 is 23.7 Å². The van der Waals surface area contributed by atoms with Crippen LogP contribution in [-0.2, 0) is 14.9 Å². The van der Waals surface area contributed by atoms with Crippen molar-refractivity contribution in [2.75, 3.05) is 39.6 Å². The first-order valence-corrected chi connectivity index (χ1v) is 11.3. The fraction of sp³-hybridized carbons (Fsp3) is 0.400. The lowest BCUT2D eigenvalue weighted by molar-refractivity contribution is -0.116. The second-order valence-electron chi connectivity index (χ2n) is 7.93. The van der Waals surface area contributed by atoms with Crippen LogP contribution in [0.4, 0.5) is 0 Å². The number of nitrogens with one attached hydrogen (secondary N) is 1. The Hall–Kier alpha value is -2.70. The normalized spacial score (nSPS) is 17.2. The van der Waals surface area contributed by atoms with Gasteiger partial charge in [0.25, 0.3) is 0 Å². The highest BCUT2D eigenvalue weighted by Crippen LogP contribution is 2.39. The Bertz CT molecular complexity index is 967. The zero-order chi connectivity index (χ0) is 22.4. The maximum atomic E-state index is 12.6. The van der Waals surface area contributed by atoms with E-state index in [0.29, 0.717) is 56.1 Å². The number of hydrogen-bond donors (Lipinski definition) is 1. The molecule has 0 atom stereocenters. The van der Waals surface area contributed by atoms with Gasteiger partial charge in [0.2, 0.25) is 5.91 Å². The molecule has 7 heteroatoms. The first-order chi connectivity index (χ1) is 15.6. The lowest BCUT2D eigenvalue weighted by atomic mass is 9.74. The molecule has 0 radical (unpaired) electrons. The van der Waals surface area contributed by atoms with E-state index < -0.39 is 0 Å². The maximum Gasteiger partial charge on any atom is 0.244 e. The van der Waals surface area contributed by atoms with Crippen LogP contribution in [0.1, 0.15) is 30.9 Å². The molecule has 4 rings (SSSR count). The molecule has 0 aliphatic carbocycles. The predicted molar refractivity (Wildman–Crippen MR) is 124 cm³/mol. The summed E-state index contributed by atoms with van der Waals surface area (Å²) in [5, 5.41) is 3.55. The Morgan fingerprint density at radius 2 is 1.88 bits per heavy atom. The molecule has 1 amide bonds. The van der Waals surface area contributed by atoms with Gasteiger partial charge in [-0.1, -0.05) is 23.7 Å². The second-order valence-corrected chi connectivity index (χ2v) is 8.34. The van der Waals surface area contributed by atoms with Crippen molar-refractivity contribution in [1.82, 2.24) is 5.32 Å². The highest BCUT2D eigenvalue weighted by molar-refractivity contribution is 6.32. The van der Waals surface area contributed by atoms with E-state index in [2.05, 4.69) is 17.4 Å². The maximum absolute atomic E-state index is 12.6. The molecule has 0 saturated carbocycles. The third-order valence-electron chi connectivity index (χ3n) is 5.87. The number of fused-ring (bicyclic) bond motifs is 1. The van der Waals surface area contributed by atoms with Crippen LogP contribution in [0.25, 0.3) is 6.08 Å². The zero-order valence-corrected chi connectivity index (χ0v) is 19.0. The lowest BCUT2D eigenvalue weighted by Gasteiger charge is -2.38. The van der Waals surface area contributed by atoms with Crippen molar-refractivity contribution in [3.8, 4) is 17.2 Å². The minimum Gasteiger partial charge on any atom is -0.494 e. The first-order valence-electron chi connectivity index (χ1n) is 11.0. The Morgan fingerprint density at radius 3 is 2.62 bits per heavy atom. The second kappa shape index (κ2) is 10.3. The SMILES string of the molecule is CCOc1ccc(C2(CNC(=O)/C=C/c3cc(Cl)c4c(c3)OCCO4)CCOCC2)cc1. The molecular formula is C25H28ClNO5. The van der Waals surface area contributed by atoms with E-state index in [4.69, 9.17) is 30.5 Å². The van der Waals surface area contributed by atoms with E-state index in [1.165, 1.54) is 11.6 Å². The minimum atomic E-state index is -0.160. The molecule has 0 aromatic heterocycles. The summed E-state index contributed by atoms with van der Waals surface area (Å²) in [6, 6.07) is 11.8.